The summed E-state index contributed by atoms with van der Waals surface area (Å²) in [6, 6.07) is 19.1. The predicted octanol–water partition coefficient (Wildman–Crippen LogP) is 3.42. The molecule has 4 heterocycles. The number of benzene rings is 2. The Bertz CT molecular complexity index is 1270. The first-order valence-corrected chi connectivity index (χ1v) is 11.8. The molecule has 0 aliphatic carbocycles. The highest BCUT2D eigenvalue weighted by molar-refractivity contribution is 6.15. The average molecular weight is 453 g/mol. The van der Waals surface area contributed by atoms with Gasteiger partial charge in [-0.3, -0.25) is 9.79 Å². The number of aromatic nitrogens is 1. The molecule has 172 valence electrons. The topological polar surface area (TPSA) is 58.0 Å². The largest absolute Gasteiger partial charge is 0.481 e. The van der Waals surface area contributed by atoms with Gasteiger partial charge < -0.3 is 14.5 Å². The molecule has 0 saturated carbocycles. The Labute approximate surface area is 199 Å². The number of nitrogens with zero attached hydrogens (tertiary/aromatic N) is 4. The van der Waals surface area contributed by atoms with E-state index in [1.54, 1.807) is 7.11 Å². The lowest BCUT2D eigenvalue weighted by Crippen LogP contribution is -2.46. The number of hydrogen-bond acceptors (Lipinski definition) is 5. The van der Waals surface area contributed by atoms with Gasteiger partial charge in [-0.2, -0.15) is 0 Å². The zero-order valence-corrected chi connectivity index (χ0v) is 19.6. The Kier molecular flexibility index (Phi) is 5.18. The predicted molar refractivity (Wildman–Crippen MR) is 131 cm³/mol. The number of likely N-dealkylation sites (tertiary alicyclic amines) is 1. The zero-order valence-electron chi connectivity index (χ0n) is 19.6. The van der Waals surface area contributed by atoms with Gasteiger partial charge in [-0.15, -0.1) is 0 Å². The summed E-state index contributed by atoms with van der Waals surface area (Å²) < 4.78 is 5.20. The Morgan fingerprint density at radius 1 is 1.00 bits per heavy atom. The van der Waals surface area contributed by atoms with Crippen LogP contribution in [0.4, 0.5) is 0 Å². The van der Waals surface area contributed by atoms with Crippen molar-refractivity contribution in [1.29, 1.82) is 0 Å². The summed E-state index contributed by atoms with van der Waals surface area (Å²) in [6.45, 7) is 3.16. The highest BCUT2D eigenvalue weighted by atomic mass is 16.5. The van der Waals surface area contributed by atoms with Crippen LogP contribution in [0, 0.1) is 0 Å². The Balaban J connectivity index is 1.31. The number of likely N-dealkylation sites (N-methyl/N-ethyl adjacent to an activating group) is 1. The molecule has 0 unspecified atom stereocenters. The molecule has 1 fully saturated rings. The summed E-state index contributed by atoms with van der Waals surface area (Å²) in [5, 5.41) is 0. The molecule has 34 heavy (non-hydrogen) atoms. The first kappa shape index (κ1) is 21.1. The van der Waals surface area contributed by atoms with E-state index in [0.29, 0.717) is 31.3 Å². The van der Waals surface area contributed by atoms with E-state index in [1.807, 2.05) is 18.3 Å². The Morgan fingerprint density at radius 2 is 1.85 bits per heavy atom. The normalized spacial score (nSPS) is 21.9. The summed E-state index contributed by atoms with van der Waals surface area (Å²) >= 11 is 0. The second kappa shape index (κ2) is 8.37. The molecule has 3 aliphatic heterocycles. The minimum absolute atomic E-state index is 0.181. The van der Waals surface area contributed by atoms with Crippen molar-refractivity contribution < 1.29 is 9.53 Å². The molecule has 6 heteroatoms. The van der Waals surface area contributed by atoms with Gasteiger partial charge >= 0.3 is 0 Å². The number of carbonyl (C=O) groups excluding carboxylic acids is 1. The second-order valence-electron chi connectivity index (χ2n) is 9.54. The fourth-order valence-corrected chi connectivity index (χ4v) is 5.70. The lowest BCUT2D eigenvalue weighted by molar-refractivity contribution is -0.134. The molecule has 3 aliphatic rings. The van der Waals surface area contributed by atoms with E-state index in [4.69, 9.17) is 9.73 Å². The second-order valence-corrected chi connectivity index (χ2v) is 9.54. The number of amides is 1. The van der Waals surface area contributed by atoms with E-state index in [9.17, 15) is 4.79 Å². The molecule has 3 aromatic rings. The van der Waals surface area contributed by atoms with Crippen molar-refractivity contribution in [2.45, 2.75) is 31.5 Å². The molecule has 1 saturated heterocycles. The molecule has 2 atom stereocenters. The zero-order chi connectivity index (χ0) is 23.2. The number of fused-ring (bicyclic) bond motifs is 2. The van der Waals surface area contributed by atoms with Crippen LogP contribution in [0.3, 0.4) is 0 Å². The summed E-state index contributed by atoms with van der Waals surface area (Å²) in [5.41, 5.74) is 7.99. The van der Waals surface area contributed by atoms with Crippen LogP contribution in [0.2, 0.25) is 0 Å². The average Bonchev–Trinajstić information content (AvgIpc) is 3.46. The van der Waals surface area contributed by atoms with Gasteiger partial charge in [0.25, 0.3) is 0 Å². The Morgan fingerprint density at radius 3 is 2.62 bits per heavy atom. The lowest BCUT2D eigenvalue weighted by atomic mass is 9.88. The monoisotopic (exact) mass is 452 g/mol. The van der Waals surface area contributed by atoms with Crippen molar-refractivity contribution in [1.82, 2.24) is 14.8 Å². The number of pyridine rings is 1. The molecule has 1 aromatic heterocycles. The summed E-state index contributed by atoms with van der Waals surface area (Å²) in [5.74, 6) is 1.15. The third kappa shape index (κ3) is 3.59. The number of rotatable bonds is 4. The number of methoxy groups -OCH3 is 1. The van der Waals surface area contributed by atoms with Crippen molar-refractivity contribution in [2.75, 3.05) is 27.2 Å². The molecule has 0 radical (unpaired) electrons. The van der Waals surface area contributed by atoms with Crippen LogP contribution in [0.1, 0.15) is 39.3 Å². The third-order valence-electron chi connectivity index (χ3n) is 7.41. The quantitative estimate of drug-likeness (QED) is 0.609. The summed E-state index contributed by atoms with van der Waals surface area (Å²) in [6.07, 6.45) is 2.28. The van der Waals surface area contributed by atoms with Crippen molar-refractivity contribution in [3.8, 4) is 5.88 Å². The molecule has 1 amide bonds. The maximum absolute atomic E-state index is 13.3. The highest BCUT2D eigenvalue weighted by Gasteiger charge is 2.40. The van der Waals surface area contributed by atoms with Crippen LogP contribution < -0.4 is 4.74 Å². The Hall–Kier alpha value is -3.51. The molecule has 6 rings (SSSR count). The third-order valence-corrected chi connectivity index (χ3v) is 7.41. The maximum Gasteiger partial charge on any atom is 0.227 e. The minimum atomic E-state index is 0.181. The summed E-state index contributed by atoms with van der Waals surface area (Å²) in [4.78, 5) is 27.0. The lowest BCUT2D eigenvalue weighted by Gasteiger charge is -2.37. The fraction of sp³-hybridized carbons (Fsp3) is 0.321. The number of hydrogen-bond donors (Lipinski definition) is 0. The highest BCUT2D eigenvalue weighted by Crippen LogP contribution is 2.35. The molecular formula is C28H28N4O2. The molecule has 2 aromatic carbocycles. The van der Waals surface area contributed by atoms with E-state index < -0.39 is 0 Å². The maximum atomic E-state index is 13.3. The van der Waals surface area contributed by atoms with E-state index in [0.717, 1.165) is 35.5 Å². The van der Waals surface area contributed by atoms with Crippen LogP contribution in [0.15, 0.2) is 65.8 Å². The van der Waals surface area contributed by atoms with Gasteiger partial charge in [0.2, 0.25) is 11.8 Å². The van der Waals surface area contributed by atoms with Crippen LogP contribution in [0.5, 0.6) is 5.88 Å². The van der Waals surface area contributed by atoms with E-state index in [2.05, 4.69) is 64.3 Å². The van der Waals surface area contributed by atoms with E-state index in [-0.39, 0.29) is 11.9 Å². The van der Waals surface area contributed by atoms with Crippen molar-refractivity contribution in [3.63, 3.8) is 0 Å². The van der Waals surface area contributed by atoms with Crippen LogP contribution >= 0.6 is 0 Å². The number of carbonyl (C=O) groups is 1. The fourth-order valence-electron chi connectivity index (χ4n) is 5.70. The van der Waals surface area contributed by atoms with E-state index in [1.165, 1.54) is 16.7 Å². The van der Waals surface area contributed by atoms with Crippen LogP contribution in [-0.2, 0) is 24.3 Å². The van der Waals surface area contributed by atoms with Gasteiger partial charge in [0, 0.05) is 48.9 Å². The minimum Gasteiger partial charge on any atom is -0.481 e. The van der Waals surface area contributed by atoms with Crippen molar-refractivity contribution in [3.05, 3.63) is 94.2 Å². The van der Waals surface area contributed by atoms with Crippen molar-refractivity contribution in [2.24, 2.45) is 4.99 Å². The SMILES string of the molecule is COc1ccc(C2=NCc3cc4c(cc32)CN([C@@H]2CN(C)C[C@H]2c2ccccc2)C(=O)C4)cn1. The van der Waals surface area contributed by atoms with Gasteiger partial charge in [-0.1, -0.05) is 36.4 Å². The standard InChI is InChI=1S/C28H28N4O2/c1-31-16-24(18-6-4-3-5-7-18)25(17-31)32-15-22-11-23-21(10-20(22)12-27(32)33)14-30-28(23)19-8-9-26(34-2)29-13-19/h3-11,13,24-25H,12,14-17H2,1-2H3/t24-,25+/m0/s1. The van der Waals surface area contributed by atoms with Crippen molar-refractivity contribution >= 4 is 11.6 Å². The molecular weight excluding hydrogens is 424 g/mol. The van der Waals surface area contributed by atoms with Crippen LogP contribution in [-0.4, -0.2) is 59.7 Å². The molecule has 0 bridgehead atoms. The smallest absolute Gasteiger partial charge is 0.227 e. The molecule has 0 spiro atoms. The molecule has 6 nitrogen and oxygen atoms in total. The number of aliphatic imine (C=N–C) groups is 1. The van der Waals surface area contributed by atoms with Gasteiger partial charge in [-0.25, -0.2) is 4.98 Å². The van der Waals surface area contributed by atoms with Gasteiger partial charge in [0.1, 0.15) is 0 Å². The van der Waals surface area contributed by atoms with Gasteiger partial charge in [-0.05, 0) is 41.4 Å². The van der Waals surface area contributed by atoms with Gasteiger partial charge in [0.05, 0.1) is 31.8 Å². The van der Waals surface area contributed by atoms with E-state index >= 15 is 0 Å². The first-order valence-electron chi connectivity index (χ1n) is 11.8. The summed E-state index contributed by atoms with van der Waals surface area (Å²) in [7, 11) is 3.77. The van der Waals surface area contributed by atoms with Gasteiger partial charge in [0.15, 0.2) is 0 Å². The molecule has 0 N–H and O–H groups in total. The number of ether oxygens (including phenoxy) is 1. The van der Waals surface area contributed by atoms with Crippen LogP contribution in [0.25, 0.3) is 0 Å². The first-order chi connectivity index (χ1) is 16.6.